The van der Waals surface area contributed by atoms with Crippen molar-refractivity contribution in [3.63, 3.8) is 0 Å². The van der Waals surface area contributed by atoms with E-state index >= 15 is 0 Å². The second-order valence-electron chi connectivity index (χ2n) is 5.28. The molecule has 0 saturated carbocycles. The molecule has 2 aromatic heterocycles. The van der Waals surface area contributed by atoms with Crippen molar-refractivity contribution < 1.29 is 14.3 Å². The van der Waals surface area contributed by atoms with Gasteiger partial charge >= 0.3 is 0 Å². The van der Waals surface area contributed by atoms with E-state index in [0.29, 0.717) is 30.0 Å². The number of benzene rings is 1. The molecule has 0 fully saturated rings. The van der Waals surface area contributed by atoms with Crippen LogP contribution in [0.3, 0.4) is 0 Å². The molecule has 0 saturated heterocycles. The second kappa shape index (κ2) is 7.85. The lowest BCUT2D eigenvalue weighted by molar-refractivity contribution is 0.0953. The summed E-state index contributed by atoms with van der Waals surface area (Å²) in [5.74, 6) is 0.971. The van der Waals surface area contributed by atoms with E-state index in [1.165, 1.54) is 0 Å². The van der Waals surface area contributed by atoms with Gasteiger partial charge in [-0.2, -0.15) is 0 Å². The maximum absolute atomic E-state index is 12.3. The highest BCUT2D eigenvalue weighted by Crippen LogP contribution is 2.27. The first-order valence-electron chi connectivity index (χ1n) is 7.79. The van der Waals surface area contributed by atoms with Crippen molar-refractivity contribution >= 4 is 17.2 Å². The van der Waals surface area contributed by atoms with Crippen LogP contribution >= 0.6 is 11.3 Å². The van der Waals surface area contributed by atoms with Crippen molar-refractivity contribution in [2.45, 2.75) is 6.42 Å². The van der Waals surface area contributed by atoms with Crippen LogP contribution in [-0.2, 0) is 6.42 Å². The number of aromatic amines is 1. The van der Waals surface area contributed by atoms with Crippen LogP contribution in [0.5, 0.6) is 11.5 Å². The zero-order valence-corrected chi connectivity index (χ0v) is 14.9. The van der Waals surface area contributed by atoms with Gasteiger partial charge in [0.15, 0.2) is 11.5 Å². The Morgan fingerprint density at radius 1 is 1.24 bits per heavy atom. The quantitative estimate of drug-likeness (QED) is 0.681. The molecule has 0 spiro atoms. The Morgan fingerprint density at radius 3 is 2.80 bits per heavy atom. The summed E-state index contributed by atoms with van der Waals surface area (Å²) in [6, 6.07) is 9.13. The number of imidazole rings is 1. The van der Waals surface area contributed by atoms with E-state index in [1.807, 2.05) is 17.5 Å². The normalized spacial score (nSPS) is 10.5. The molecule has 0 aliphatic carbocycles. The minimum absolute atomic E-state index is 0.154. The van der Waals surface area contributed by atoms with Crippen molar-refractivity contribution in [1.29, 1.82) is 0 Å². The van der Waals surface area contributed by atoms with E-state index in [-0.39, 0.29) is 5.91 Å². The van der Waals surface area contributed by atoms with Crippen LogP contribution in [0.1, 0.15) is 16.1 Å². The fourth-order valence-electron chi connectivity index (χ4n) is 2.52. The monoisotopic (exact) mass is 357 g/mol. The van der Waals surface area contributed by atoms with Crippen molar-refractivity contribution in [1.82, 2.24) is 15.3 Å². The lowest BCUT2D eigenvalue weighted by Gasteiger charge is -2.10. The van der Waals surface area contributed by atoms with E-state index in [0.717, 1.165) is 16.3 Å². The van der Waals surface area contributed by atoms with E-state index in [1.54, 1.807) is 50.1 Å². The van der Waals surface area contributed by atoms with Gasteiger partial charge < -0.3 is 19.8 Å². The maximum atomic E-state index is 12.3. The third-order valence-electron chi connectivity index (χ3n) is 3.78. The van der Waals surface area contributed by atoms with Gasteiger partial charge in [-0.05, 0) is 29.6 Å². The summed E-state index contributed by atoms with van der Waals surface area (Å²) >= 11 is 1.64. The largest absolute Gasteiger partial charge is 0.493 e. The number of hydrogen-bond donors (Lipinski definition) is 2. The van der Waals surface area contributed by atoms with E-state index in [2.05, 4.69) is 15.3 Å². The van der Waals surface area contributed by atoms with Crippen LogP contribution in [0.15, 0.2) is 42.0 Å². The zero-order valence-electron chi connectivity index (χ0n) is 14.0. The molecule has 0 atom stereocenters. The Labute approximate surface area is 149 Å². The average molecular weight is 357 g/mol. The number of nitrogens with one attached hydrogen (secondary N) is 2. The Morgan fingerprint density at radius 2 is 2.08 bits per heavy atom. The van der Waals surface area contributed by atoms with Crippen LogP contribution in [0, 0.1) is 0 Å². The molecule has 1 aromatic carbocycles. The molecule has 6 nitrogen and oxygen atoms in total. The van der Waals surface area contributed by atoms with Gasteiger partial charge in [-0.15, -0.1) is 11.3 Å². The number of H-pyrrole nitrogens is 1. The fourth-order valence-corrected chi connectivity index (χ4v) is 3.27. The number of methoxy groups -OCH3 is 2. The highest BCUT2D eigenvalue weighted by molar-refractivity contribution is 7.13. The zero-order chi connectivity index (χ0) is 17.6. The fraction of sp³-hybridized carbons (Fsp3) is 0.222. The molecule has 1 amide bonds. The van der Waals surface area contributed by atoms with Crippen LogP contribution in [0.25, 0.3) is 10.6 Å². The van der Waals surface area contributed by atoms with Gasteiger partial charge in [0, 0.05) is 24.2 Å². The minimum Gasteiger partial charge on any atom is -0.493 e. The molecule has 130 valence electrons. The number of rotatable bonds is 7. The number of carbonyl (C=O) groups excluding carboxylic acids is 1. The highest BCUT2D eigenvalue weighted by Gasteiger charge is 2.12. The predicted molar refractivity (Wildman–Crippen MR) is 97.5 cm³/mol. The van der Waals surface area contributed by atoms with E-state index in [4.69, 9.17) is 9.47 Å². The SMILES string of the molecule is COc1ccc(C(=O)NCCc2[nH]cnc2-c2cccs2)cc1OC. The number of amides is 1. The number of hydrogen-bond acceptors (Lipinski definition) is 5. The van der Waals surface area contributed by atoms with Crippen LogP contribution in [-0.4, -0.2) is 36.6 Å². The van der Waals surface area contributed by atoms with Crippen LogP contribution in [0.2, 0.25) is 0 Å². The first-order chi connectivity index (χ1) is 12.2. The van der Waals surface area contributed by atoms with Gasteiger partial charge in [0.2, 0.25) is 0 Å². The summed E-state index contributed by atoms with van der Waals surface area (Å²) in [7, 11) is 3.11. The van der Waals surface area contributed by atoms with Gasteiger partial charge in [-0.1, -0.05) is 6.07 Å². The molecule has 0 aliphatic heterocycles. The molecule has 0 radical (unpaired) electrons. The van der Waals surface area contributed by atoms with Crippen molar-refractivity contribution in [2.24, 2.45) is 0 Å². The molecule has 3 rings (SSSR count). The Balaban J connectivity index is 1.61. The predicted octanol–water partition coefficient (Wildman–Crippen LogP) is 3.13. The summed E-state index contributed by atoms with van der Waals surface area (Å²) in [5.41, 5.74) is 2.48. The lowest BCUT2D eigenvalue weighted by Crippen LogP contribution is -2.25. The standard InChI is InChI=1S/C18H19N3O3S/c1-23-14-6-5-12(10-15(14)24-2)18(22)19-8-7-13-17(21-11-20-13)16-4-3-9-25-16/h3-6,9-11H,7-8H2,1-2H3,(H,19,22)(H,20,21). The molecular weight excluding hydrogens is 338 g/mol. The molecule has 0 bridgehead atoms. The third kappa shape index (κ3) is 3.83. The number of thiophene rings is 1. The first kappa shape index (κ1) is 17.0. The molecule has 0 aliphatic rings. The molecule has 3 aromatic rings. The second-order valence-corrected chi connectivity index (χ2v) is 6.23. The molecule has 2 heterocycles. The number of ether oxygens (including phenoxy) is 2. The summed E-state index contributed by atoms with van der Waals surface area (Å²) in [4.78, 5) is 21.0. The van der Waals surface area contributed by atoms with Gasteiger partial charge in [0.1, 0.15) is 5.69 Å². The highest BCUT2D eigenvalue weighted by atomic mass is 32.1. The van der Waals surface area contributed by atoms with E-state index < -0.39 is 0 Å². The van der Waals surface area contributed by atoms with Gasteiger partial charge in [-0.3, -0.25) is 4.79 Å². The third-order valence-corrected chi connectivity index (χ3v) is 4.66. The van der Waals surface area contributed by atoms with Crippen molar-refractivity contribution in [3.8, 4) is 22.1 Å². The summed E-state index contributed by atoms with van der Waals surface area (Å²) in [6.07, 6.45) is 2.35. The molecule has 7 heteroatoms. The average Bonchev–Trinajstić information content (AvgIpc) is 3.32. The van der Waals surface area contributed by atoms with Crippen molar-refractivity contribution in [3.05, 3.63) is 53.3 Å². The number of aromatic nitrogens is 2. The van der Waals surface area contributed by atoms with Gasteiger partial charge in [0.25, 0.3) is 5.91 Å². The smallest absolute Gasteiger partial charge is 0.251 e. The summed E-state index contributed by atoms with van der Waals surface area (Å²) in [5, 5.41) is 4.94. The Kier molecular flexibility index (Phi) is 5.35. The Hall–Kier alpha value is -2.80. The molecule has 2 N–H and O–H groups in total. The number of carbonyl (C=O) groups is 1. The molecule has 25 heavy (non-hydrogen) atoms. The first-order valence-corrected chi connectivity index (χ1v) is 8.67. The van der Waals surface area contributed by atoms with E-state index in [9.17, 15) is 4.79 Å². The van der Waals surface area contributed by atoms with Gasteiger partial charge in [0.05, 0.1) is 25.4 Å². The molecular formula is C18H19N3O3S. The topological polar surface area (TPSA) is 76.2 Å². The number of nitrogens with zero attached hydrogens (tertiary/aromatic N) is 1. The van der Waals surface area contributed by atoms with Crippen LogP contribution in [0.4, 0.5) is 0 Å². The summed E-state index contributed by atoms with van der Waals surface area (Å²) < 4.78 is 10.4. The molecule has 0 unspecified atom stereocenters. The Bertz CT molecular complexity index is 843. The van der Waals surface area contributed by atoms with Crippen LogP contribution < -0.4 is 14.8 Å². The summed E-state index contributed by atoms with van der Waals surface area (Å²) in [6.45, 7) is 0.508. The van der Waals surface area contributed by atoms with Crippen molar-refractivity contribution in [2.75, 3.05) is 20.8 Å². The lowest BCUT2D eigenvalue weighted by atomic mass is 10.1. The maximum Gasteiger partial charge on any atom is 0.251 e. The minimum atomic E-state index is -0.154. The van der Waals surface area contributed by atoms with Gasteiger partial charge in [-0.25, -0.2) is 4.98 Å².